The van der Waals surface area contributed by atoms with Crippen molar-refractivity contribution >= 4 is 11.9 Å². The quantitative estimate of drug-likeness (QED) is 0.200. The fraction of sp³-hybridized carbons (Fsp3) is 0.615. The third kappa shape index (κ3) is 14.0. The standard InChI is InChI=1S/C26H41NO3/c1-2-3-4-5-6-7-8-9-10-11-12-13-14-15-16-17-25(28)27-22-23-18-20-24(21-19-23)26(29)30/h9-10,18-21H,2-8,11-17,22H2,1H3,(H,27,28)(H,29,30)/b10-9-. The molecule has 0 heterocycles. The van der Waals surface area contributed by atoms with Crippen molar-refractivity contribution in [3.05, 3.63) is 47.5 Å². The zero-order valence-electron chi connectivity index (χ0n) is 18.8. The molecule has 1 aromatic rings. The number of aromatic carboxylic acids is 1. The number of nitrogens with one attached hydrogen (secondary N) is 1. The lowest BCUT2D eigenvalue weighted by Gasteiger charge is -2.06. The lowest BCUT2D eigenvalue weighted by Crippen LogP contribution is -2.22. The van der Waals surface area contributed by atoms with Crippen molar-refractivity contribution < 1.29 is 14.7 Å². The third-order valence-corrected chi connectivity index (χ3v) is 5.36. The Morgan fingerprint density at radius 1 is 0.800 bits per heavy atom. The summed E-state index contributed by atoms with van der Waals surface area (Å²) in [7, 11) is 0. The second kappa shape index (κ2) is 17.7. The molecule has 0 bridgehead atoms. The number of hydrogen-bond donors (Lipinski definition) is 2. The summed E-state index contributed by atoms with van der Waals surface area (Å²) in [5.41, 5.74) is 1.18. The van der Waals surface area contributed by atoms with E-state index in [1.165, 1.54) is 70.6 Å². The maximum atomic E-state index is 11.9. The van der Waals surface area contributed by atoms with Crippen molar-refractivity contribution in [3.63, 3.8) is 0 Å². The van der Waals surface area contributed by atoms with Crippen LogP contribution in [0.3, 0.4) is 0 Å². The Bertz CT molecular complexity index is 607. The van der Waals surface area contributed by atoms with E-state index in [0.29, 0.717) is 13.0 Å². The molecule has 2 N–H and O–H groups in total. The van der Waals surface area contributed by atoms with Crippen molar-refractivity contribution in [3.8, 4) is 0 Å². The molecular weight excluding hydrogens is 374 g/mol. The van der Waals surface area contributed by atoms with Gasteiger partial charge in [-0.2, -0.15) is 0 Å². The first-order valence-electron chi connectivity index (χ1n) is 11.9. The molecule has 30 heavy (non-hydrogen) atoms. The van der Waals surface area contributed by atoms with E-state index < -0.39 is 5.97 Å². The normalized spacial score (nSPS) is 11.1. The fourth-order valence-corrected chi connectivity index (χ4v) is 3.41. The maximum absolute atomic E-state index is 11.9. The van der Waals surface area contributed by atoms with Gasteiger partial charge < -0.3 is 10.4 Å². The summed E-state index contributed by atoms with van der Waals surface area (Å²) >= 11 is 0. The Kier molecular flexibility index (Phi) is 15.3. The lowest BCUT2D eigenvalue weighted by atomic mass is 10.1. The van der Waals surface area contributed by atoms with Gasteiger partial charge in [-0.15, -0.1) is 0 Å². The van der Waals surface area contributed by atoms with Crippen LogP contribution in [0.15, 0.2) is 36.4 Å². The molecule has 0 radical (unpaired) electrons. The van der Waals surface area contributed by atoms with Crippen LogP contribution in [0.1, 0.15) is 113 Å². The minimum atomic E-state index is -0.935. The molecule has 0 aromatic heterocycles. The monoisotopic (exact) mass is 415 g/mol. The van der Waals surface area contributed by atoms with E-state index in [2.05, 4.69) is 24.4 Å². The van der Waals surface area contributed by atoms with Crippen molar-refractivity contribution in [1.29, 1.82) is 0 Å². The summed E-state index contributed by atoms with van der Waals surface area (Å²) in [6.45, 7) is 2.71. The second-order valence-corrected chi connectivity index (χ2v) is 8.11. The van der Waals surface area contributed by atoms with E-state index in [4.69, 9.17) is 5.11 Å². The van der Waals surface area contributed by atoms with Crippen LogP contribution in [-0.2, 0) is 11.3 Å². The zero-order chi connectivity index (χ0) is 21.9. The number of benzene rings is 1. The van der Waals surface area contributed by atoms with Crippen molar-refractivity contribution in [2.75, 3.05) is 0 Å². The van der Waals surface area contributed by atoms with Gasteiger partial charge in [0.25, 0.3) is 0 Å². The summed E-state index contributed by atoms with van der Waals surface area (Å²) in [5.74, 6) is -0.871. The topological polar surface area (TPSA) is 66.4 Å². The molecule has 0 saturated heterocycles. The van der Waals surface area contributed by atoms with Crippen molar-refractivity contribution in [2.45, 2.75) is 103 Å². The van der Waals surface area contributed by atoms with Crippen LogP contribution < -0.4 is 5.32 Å². The molecule has 168 valence electrons. The molecule has 0 atom stereocenters. The maximum Gasteiger partial charge on any atom is 0.335 e. The van der Waals surface area contributed by atoms with Crippen LogP contribution in [-0.4, -0.2) is 17.0 Å². The van der Waals surface area contributed by atoms with Gasteiger partial charge in [0.1, 0.15) is 0 Å². The van der Waals surface area contributed by atoms with E-state index in [0.717, 1.165) is 18.4 Å². The average Bonchev–Trinajstić information content (AvgIpc) is 2.75. The Hall–Kier alpha value is -2.10. The Labute approximate surface area is 183 Å². The highest BCUT2D eigenvalue weighted by Crippen LogP contribution is 2.10. The minimum Gasteiger partial charge on any atom is -0.478 e. The first kappa shape index (κ1) is 25.9. The Morgan fingerprint density at radius 2 is 1.33 bits per heavy atom. The van der Waals surface area contributed by atoms with Gasteiger partial charge in [0.2, 0.25) is 5.91 Å². The molecule has 0 unspecified atom stereocenters. The molecule has 4 nitrogen and oxygen atoms in total. The van der Waals surface area contributed by atoms with Gasteiger partial charge in [0.15, 0.2) is 0 Å². The molecule has 4 heteroatoms. The van der Waals surface area contributed by atoms with Gasteiger partial charge in [0.05, 0.1) is 5.56 Å². The predicted octanol–water partition coefficient (Wildman–Crippen LogP) is 7.04. The van der Waals surface area contributed by atoms with Crippen molar-refractivity contribution in [1.82, 2.24) is 5.32 Å². The molecule has 0 aliphatic rings. The highest BCUT2D eigenvalue weighted by atomic mass is 16.4. The highest BCUT2D eigenvalue weighted by molar-refractivity contribution is 5.87. The molecule has 0 spiro atoms. The molecule has 0 saturated carbocycles. The summed E-state index contributed by atoms with van der Waals surface area (Å²) in [6, 6.07) is 6.61. The summed E-state index contributed by atoms with van der Waals surface area (Å²) < 4.78 is 0. The predicted molar refractivity (Wildman–Crippen MR) is 125 cm³/mol. The number of rotatable bonds is 18. The van der Waals surface area contributed by atoms with E-state index in [9.17, 15) is 9.59 Å². The van der Waals surface area contributed by atoms with Crippen LogP contribution in [0.4, 0.5) is 0 Å². The number of carbonyl (C=O) groups is 2. The number of unbranched alkanes of at least 4 members (excludes halogenated alkanes) is 11. The zero-order valence-corrected chi connectivity index (χ0v) is 18.8. The average molecular weight is 416 g/mol. The van der Waals surface area contributed by atoms with Crippen molar-refractivity contribution in [2.24, 2.45) is 0 Å². The molecular formula is C26H41NO3. The number of hydrogen-bond acceptors (Lipinski definition) is 2. The molecule has 1 rings (SSSR count). The van der Waals surface area contributed by atoms with Crippen LogP contribution in [0.2, 0.25) is 0 Å². The van der Waals surface area contributed by atoms with Gasteiger partial charge in [-0.25, -0.2) is 4.79 Å². The van der Waals surface area contributed by atoms with E-state index >= 15 is 0 Å². The van der Waals surface area contributed by atoms with E-state index in [1.807, 2.05) is 0 Å². The SMILES string of the molecule is CCCCCCCC/C=C\CCCCCCCC(=O)NCc1ccc(C(=O)O)cc1. The molecule has 1 amide bonds. The molecule has 0 fully saturated rings. The van der Waals surface area contributed by atoms with Gasteiger partial charge in [-0.05, 0) is 49.8 Å². The second-order valence-electron chi connectivity index (χ2n) is 8.11. The number of allylic oxidation sites excluding steroid dienone is 2. The first-order chi connectivity index (χ1) is 14.6. The van der Waals surface area contributed by atoms with Crippen LogP contribution in [0, 0.1) is 0 Å². The minimum absolute atomic E-state index is 0.0648. The largest absolute Gasteiger partial charge is 0.478 e. The highest BCUT2D eigenvalue weighted by Gasteiger charge is 2.04. The van der Waals surface area contributed by atoms with Crippen LogP contribution in [0.5, 0.6) is 0 Å². The Morgan fingerprint density at radius 3 is 1.90 bits per heavy atom. The van der Waals surface area contributed by atoms with Gasteiger partial charge in [-0.3, -0.25) is 4.79 Å². The first-order valence-corrected chi connectivity index (χ1v) is 11.9. The number of carbonyl (C=O) groups excluding carboxylic acids is 1. The van der Waals surface area contributed by atoms with Gasteiger partial charge >= 0.3 is 5.97 Å². The molecule has 0 aliphatic heterocycles. The number of carboxylic acids is 1. The Balaban J connectivity index is 1.91. The molecule has 0 aliphatic carbocycles. The van der Waals surface area contributed by atoms with E-state index in [1.54, 1.807) is 24.3 Å². The van der Waals surface area contributed by atoms with Gasteiger partial charge in [0, 0.05) is 13.0 Å². The summed E-state index contributed by atoms with van der Waals surface area (Å²) in [5, 5.41) is 11.8. The van der Waals surface area contributed by atoms with Crippen LogP contribution in [0.25, 0.3) is 0 Å². The van der Waals surface area contributed by atoms with E-state index in [-0.39, 0.29) is 11.5 Å². The van der Waals surface area contributed by atoms with Crippen LogP contribution >= 0.6 is 0 Å². The fourth-order valence-electron chi connectivity index (χ4n) is 3.41. The summed E-state index contributed by atoms with van der Waals surface area (Å²) in [6.07, 6.45) is 21.5. The third-order valence-electron chi connectivity index (χ3n) is 5.36. The summed E-state index contributed by atoms with van der Waals surface area (Å²) in [4.78, 5) is 22.7. The lowest BCUT2D eigenvalue weighted by molar-refractivity contribution is -0.121. The number of carboxylic acid groups (broad SMARTS) is 1. The van der Waals surface area contributed by atoms with Gasteiger partial charge in [-0.1, -0.05) is 82.6 Å². The number of amides is 1. The molecule has 1 aromatic carbocycles. The smallest absolute Gasteiger partial charge is 0.335 e.